The van der Waals surface area contributed by atoms with Crippen molar-refractivity contribution in [1.29, 1.82) is 0 Å². The molecule has 0 spiro atoms. The van der Waals surface area contributed by atoms with Gasteiger partial charge in [-0.25, -0.2) is 0 Å². The van der Waals surface area contributed by atoms with Gasteiger partial charge in [0, 0.05) is 36.8 Å². The van der Waals surface area contributed by atoms with E-state index in [4.69, 9.17) is 4.74 Å². The van der Waals surface area contributed by atoms with Crippen molar-refractivity contribution in [2.24, 2.45) is 0 Å². The maximum absolute atomic E-state index is 10.2. The van der Waals surface area contributed by atoms with Gasteiger partial charge < -0.3 is 24.4 Å². The average molecular weight is 459 g/mol. The second kappa shape index (κ2) is 10.2. The summed E-state index contributed by atoms with van der Waals surface area (Å²) in [5.41, 5.74) is 6.26. The van der Waals surface area contributed by atoms with E-state index < -0.39 is 0 Å². The molecule has 0 saturated carbocycles. The lowest BCUT2D eigenvalue weighted by Gasteiger charge is -2.29. The molecule has 0 aliphatic rings. The van der Waals surface area contributed by atoms with Gasteiger partial charge in [0.25, 0.3) is 0 Å². The van der Waals surface area contributed by atoms with Gasteiger partial charge >= 0.3 is 0 Å². The molecular formula is C29H34N2O3. The first-order valence-corrected chi connectivity index (χ1v) is 12.0. The van der Waals surface area contributed by atoms with Gasteiger partial charge in [-0.1, -0.05) is 31.5 Å². The molecule has 34 heavy (non-hydrogen) atoms. The van der Waals surface area contributed by atoms with Gasteiger partial charge in [0.2, 0.25) is 0 Å². The van der Waals surface area contributed by atoms with Crippen LogP contribution >= 0.6 is 0 Å². The molecule has 178 valence electrons. The zero-order valence-electron chi connectivity index (χ0n) is 20.5. The Labute approximate surface area is 201 Å². The Morgan fingerprint density at radius 2 is 1.65 bits per heavy atom. The highest BCUT2D eigenvalue weighted by atomic mass is 16.5. The number of aromatic hydroxyl groups is 2. The summed E-state index contributed by atoms with van der Waals surface area (Å²) in [5, 5.41) is 21.1. The van der Waals surface area contributed by atoms with Crippen molar-refractivity contribution >= 4 is 16.6 Å². The van der Waals surface area contributed by atoms with Crippen LogP contribution in [-0.4, -0.2) is 35.0 Å². The Kier molecular flexibility index (Phi) is 7.13. The number of rotatable bonds is 9. The topological polar surface area (TPSA) is 57.9 Å². The van der Waals surface area contributed by atoms with E-state index in [9.17, 15) is 10.2 Å². The highest BCUT2D eigenvalue weighted by molar-refractivity contribution is 5.93. The van der Waals surface area contributed by atoms with Crippen LogP contribution in [0.5, 0.6) is 11.5 Å². The third-order valence-corrected chi connectivity index (χ3v) is 6.40. The number of benzene rings is 3. The van der Waals surface area contributed by atoms with Crippen LogP contribution in [0.25, 0.3) is 22.2 Å². The van der Waals surface area contributed by atoms with E-state index in [1.807, 2.05) is 31.2 Å². The quantitative estimate of drug-likeness (QED) is 0.288. The number of hydrogen-bond acceptors (Lipinski definition) is 4. The summed E-state index contributed by atoms with van der Waals surface area (Å²) in [7, 11) is 2.13. The fraction of sp³-hybridized carbons (Fsp3) is 0.310. The number of fused-ring (bicyclic) bond motifs is 1. The number of anilines is 1. The molecule has 3 aromatic carbocycles. The number of phenolic OH excluding ortho intramolecular Hbond substituents is 2. The molecule has 1 aromatic heterocycles. The van der Waals surface area contributed by atoms with Gasteiger partial charge in [0.1, 0.15) is 11.5 Å². The Hall–Kier alpha value is -3.44. The lowest BCUT2D eigenvalue weighted by molar-refractivity contribution is 0.0456. The second-order valence-electron chi connectivity index (χ2n) is 8.73. The van der Waals surface area contributed by atoms with Crippen molar-refractivity contribution in [2.45, 2.75) is 39.8 Å². The van der Waals surface area contributed by atoms with Crippen LogP contribution in [0.4, 0.5) is 5.69 Å². The fourth-order valence-electron chi connectivity index (χ4n) is 4.70. The molecule has 0 radical (unpaired) electrons. The largest absolute Gasteiger partial charge is 0.508 e. The summed E-state index contributed by atoms with van der Waals surface area (Å²) in [6.07, 6.45) is 1.89. The van der Waals surface area contributed by atoms with E-state index in [0.29, 0.717) is 6.61 Å². The molecule has 2 N–H and O–H groups in total. The molecule has 0 aliphatic carbocycles. The maximum Gasteiger partial charge on any atom is 0.162 e. The molecule has 0 fully saturated rings. The number of aromatic nitrogens is 1. The van der Waals surface area contributed by atoms with Crippen molar-refractivity contribution < 1.29 is 14.9 Å². The Bertz CT molecular complexity index is 1260. The first-order chi connectivity index (χ1) is 16.5. The summed E-state index contributed by atoms with van der Waals surface area (Å²) >= 11 is 0. The minimum Gasteiger partial charge on any atom is -0.508 e. The first-order valence-electron chi connectivity index (χ1n) is 12.0. The third kappa shape index (κ3) is 4.48. The standard InChI is InChI=1S/C29H34N2O3/c1-5-7-18-30(4)26-11-9-8-10-24(26)29(34-6-2)31-27-17-16-23(33)19-25(27)20(3)28(31)21-12-14-22(32)15-13-21/h8-17,19,29,32-33H,5-7,18H2,1-4H3. The van der Waals surface area contributed by atoms with Gasteiger partial charge in [-0.15, -0.1) is 0 Å². The van der Waals surface area contributed by atoms with E-state index in [0.717, 1.165) is 58.4 Å². The number of para-hydroxylation sites is 1. The SMILES string of the molecule is CCCCN(C)c1ccccc1C(OCC)n1c(-c2ccc(O)cc2)c(C)c2cc(O)ccc21. The second-order valence-corrected chi connectivity index (χ2v) is 8.73. The molecule has 4 aromatic rings. The number of aryl methyl sites for hydroxylation is 1. The van der Waals surface area contributed by atoms with Crippen LogP contribution < -0.4 is 4.90 Å². The lowest BCUT2D eigenvalue weighted by Crippen LogP contribution is -2.23. The van der Waals surface area contributed by atoms with Crippen LogP contribution in [0, 0.1) is 6.92 Å². The van der Waals surface area contributed by atoms with Crippen molar-refractivity contribution in [2.75, 3.05) is 25.1 Å². The normalized spacial score (nSPS) is 12.2. The maximum atomic E-state index is 10.2. The minimum absolute atomic E-state index is 0.228. The summed E-state index contributed by atoms with van der Waals surface area (Å²) in [4.78, 5) is 2.30. The lowest BCUT2D eigenvalue weighted by atomic mass is 10.1. The predicted molar refractivity (Wildman–Crippen MR) is 140 cm³/mol. The summed E-state index contributed by atoms with van der Waals surface area (Å²) in [6, 6.07) is 21.2. The van der Waals surface area contributed by atoms with Crippen molar-refractivity contribution in [3.8, 4) is 22.8 Å². The van der Waals surface area contributed by atoms with E-state index in [2.05, 4.69) is 54.6 Å². The van der Waals surface area contributed by atoms with Crippen LogP contribution in [0.15, 0.2) is 66.7 Å². The summed E-state index contributed by atoms with van der Waals surface area (Å²) in [5.74, 6) is 0.462. The zero-order valence-corrected chi connectivity index (χ0v) is 20.5. The molecule has 0 amide bonds. The Morgan fingerprint density at radius 1 is 0.941 bits per heavy atom. The number of phenols is 2. The highest BCUT2D eigenvalue weighted by Gasteiger charge is 2.26. The molecule has 4 rings (SSSR count). The van der Waals surface area contributed by atoms with Crippen molar-refractivity contribution in [3.05, 3.63) is 77.9 Å². The van der Waals surface area contributed by atoms with Crippen LogP contribution in [0.2, 0.25) is 0 Å². The first kappa shape index (κ1) is 23.7. The van der Waals surface area contributed by atoms with Crippen LogP contribution in [0.3, 0.4) is 0 Å². The van der Waals surface area contributed by atoms with Crippen molar-refractivity contribution in [3.63, 3.8) is 0 Å². The van der Waals surface area contributed by atoms with E-state index in [1.54, 1.807) is 18.2 Å². The fourth-order valence-corrected chi connectivity index (χ4v) is 4.70. The monoisotopic (exact) mass is 458 g/mol. The Balaban J connectivity index is 1.99. The van der Waals surface area contributed by atoms with Crippen molar-refractivity contribution in [1.82, 2.24) is 4.57 Å². The van der Waals surface area contributed by atoms with E-state index in [1.165, 1.54) is 0 Å². The molecule has 1 unspecified atom stereocenters. The molecule has 0 saturated heterocycles. The smallest absolute Gasteiger partial charge is 0.162 e. The predicted octanol–water partition coefficient (Wildman–Crippen LogP) is 6.85. The van der Waals surface area contributed by atoms with Gasteiger partial charge in [-0.2, -0.15) is 0 Å². The molecular weight excluding hydrogens is 424 g/mol. The minimum atomic E-state index is -0.366. The van der Waals surface area contributed by atoms with Gasteiger partial charge in [-0.3, -0.25) is 0 Å². The van der Waals surface area contributed by atoms with E-state index >= 15 is 0 Å². The van der Waals surface area contributed by atoms with Gasteiger partial charge in [-0.05, 0) is 79.9 Å². The van der Waals surface area contributed by atoms with Crippen LogP contribution in [0.1, 0.15) is 44.0 Å². The third-order valence-electron chi connectivity index (χ3n) is 6.40. The molecule has 0 aliphatic heterocycles. The average Bonchev–Trinajstić information content (AvgIpc) is 3.13. The molecule has 1 heterocycles. The number of nitrogens with zero attached hydrogens (tertiary/aromatic N) is 2. The number of unbranched alkanes of at least 4 members (excludes halogenated alkanes) is 1. The summed E-state index contributed by atoms with van der Waals surface area (Å²) < 4.78 is 8.70. The Morgan fingerprint density at radius 3 is 2.35 bits per heavy atom. The zero-order chi connectivity index (χ0) is 24.2. The number of ether oxygens (including phenoxy) is 1. The highest BCUT2D eigenvalue weighted by Crippen LogP contribution is 2.41. The van der Waals surface area contributed by atoms with Gasteiger partial charge in [0.15, 0.2) is 6.23 Å². The van der Waals surface area contributed by atoms with E-state index in [-0.39, 0.29) is 17.7 Å². The molecule has 1 atom stereocenters. The van der Waals surface area contributed by atoms with Gasteiger partial charge in [0.05, 0.1) is 11.2 Å². The molecule has 5 heteroatoms. The summed E-state index contributed by atoms with van der Waals surface area (Å²) in [6.45, 7) is 7.81. The van der Waals surface area contributed by atoms with Crippen LogP contribution in [-0.2, 0) is 4.74 Å². The molecule has 5 nitrogen and oxygen atoms in total. The molecule has 0 bridgehead atoms. The number of hydrogen-bond donors (Lipinski definition) is 2.